The zero-order valence-electron chi connectivity index (χ0n) is 14.5. The summed E-state index contributed by atoms with van der Waals surface area (Å²) in [6, 6.07) is 17.2. The van der Waals surface area contributed by atoms with Crippen LogP contribution in [-0.2, 0) is 15.6 Å². The molecule has 3 rings (SSSR count). The number of nitrogens with zero attached hydrogens (tertiary/aromatic N) is 1. The molecule has 0 fully saturated rings. The first-order valence-electron chi connectivity index (χ1n) is 8.11. The van der Waals surface area contributed by atoms with E-state index in [9.17, 15) is 13.2 Å². The molecule has 2 aromatic carbocycles. The number of sulfone groups is 1. The molecule has 3 aromatic rings. The van der Waals surface area contributed by atoms with Crippen LogP contribution >= 0.6 is 11.6 Å². The Hall–Kier alpha value is -2.70. The number of hydrogen-bond acceptors (Lipinski definition) is 4. The molecule has 0 spiro atoms. The molecular formula is C20H17ClN2O3S. The highest BCUT2D eigenvalue weighted by molar-refractivity contribution is 7.89. The van der Waals surface area contributed by atoms with Crippen LogP contribution in [0.1, 0.15) is 15.9 Å². The van der Waals surface area contributed by atoms with Crippen LogP contribution in [-0.4, -0.2) is 25.6 Å². The third-order valence-electron chi connectivity index (χ3n) is 3.78. The van der Waals surface area contributed by atoms with Crippen LogP contribution in [0.3, 0.4) is 0 Å². The first-order valence-corrected chi connectivity index (χ1v) is 10.5. The Bertz CT molecular complexity index is 1080. The zero-order valence-corrected chi connectivity index (χ0v) is 16.1. The number of rotatable bonds is 5. The molecule has 1 heterocycles. The van der Waals surface area contributed by atoms with Crippen molar-refractivity contribution in [2.45, 2.75) is 5.75 Å². The third kappa shape index (κ3) is 5.15. The predicted octanol–water partition coefficient (Wildman–Crippen LogP) is 4.20. The molecule has 0 aliphatic rings. The van der Waals surface area contributed by atoms with Crippen LogP contribution in [0.5, 0.6) is 0 Å². The van der Waals surface area contributed by atoms with Crippen molar-refractivity contribution in [2.75, 3.05) is 11.6 Å². The molecule has 1 aromatic heterocycles. The molecule has 1 N–H and O–H groups in total. The Morgan fingerprint density at radius 2 is 1.89 bits per heavy atom. The van der Waals surface area contributed by atoms with Gasteiger partial charge in [-0.1, -0.05) is 29.8 Å². The van der Waals surface area contributed by atoms with Crippen LogP contribution in [0.2, 0.25) is 5.02 Å². The van der Waals surface area contributed by atoms with Crippen molar-refractivity contribution in [2.24, 2.45) is 0 Å². The Morgan fingerprint density at radius 1 is 1.07 bits per heavy atom. The highest BCUT2D eigenvalue weighted by Gasteiger charge is 2.12. The first kappa shape index (κ1) is 19.1. The molecule has 0 radical (unpaired) electrons. The van der Waals surface area contributed by atoms with E-state index in [1.165, 1.54) is 0 Å². The molecule has 5 nitrogen and oxygen atoms in total. The lowest BCUT2D eigenvalue weighted by molar-refractivity contribution is 0.102. The van der Waals surface area contributed by atoms with Crippen LogP contribution in [0, 0.1) is 0 Å². The van der Waals surface area contributed by atoms with E-state index < -0.39 is 9.84 Å². The van der Waals surface area contributed by atoms with Gasteiger partial charge in [-0.3, -0.25) is 9.78 Å². The topological polar surface area (TPSA) is 76.1 Å². The van der Waals surface area contributed by atoms with Crippen LogP contribution < -0.4 is 5.32 Å². The first-order chi connectivity index (χ1) is 12.8. The van der Waals surface area contributed by atoms with E-state index in [0.29, 0.717) is 33.1 Å². The van der Waals surface area contributed by atoms with Crippen molar-refractivity contribution in [3.8, 4) is 11.3 Å². The second kappa shape index (κ2) is 7.90. The van der Waals surface area contributed by atoms with E-state index in [1.54, 1.807) is 48.7 Å². The maximum absolute atomic E-state index is 12.6. The number of carbonyl (C=O) groups excluding carboxylic acids is 1. The predicted molar refractivity (Wildman–Crippen MR) is 108 cm³/mol. The Balaban J connectivity index is 1.84. The molecule has 7 heteroatoms. The third-order valence-corrected chi connectivity index (χ3v) is 4.97. The van der Waals surface area contributed by atoms with Gasteiger partial charge in [0, 0.05) is 29.3 Å². The summed E-state index contributed by atoms with van der Waals surface area (Å²) in [7, 11) is -3.17. The molecule has 138 valence electrons. The maximum atomic E-state index is 12.6. The highest BCUT2D eigenvalue weighted by atomic mass is 35.5. The van der Waals surface area contributed by atoms with Gasteiger partial charge in [-0.05, 0) is 48.0 Å². The smallest absolute Gasteiger partial charge is 0.255 e. The van der Waals surface area contributed by atoms with Gasteiger partial charge < -0.3 is 5.32 Å². The van der Waals surface area contributed by atoms with Crippen molar-refractivity contribution < 1.29 is 13.2 Å². The SMILES string of the molecule is CS(=O)(=O)Cc1cccc(C(=O)Nc2ccc(Cl)c(-c3ccccn3)c2)c1. The Morgan fingerprint density at radius 3 is 2.59 bits per heavy atom. The number of nitrogens with one attached hydrogen (secondary N) is 1. The number of carbonyl (C=O) groups is 1. The fraction of sp³-hybridized carbons (Fsp3) is 0.100. The molecule has 27 heavy (non-hydrogen) atoms. The molecule has 0 unspecified atom stereocenters. The summed E-state index contributed by atoms with van der Waals surface area (Å²) in [6.07, 6.45) is 2.83. The molecule has 0 bridgehead atoms. The van der Waals surface area contributed by atoms with Gasteiger partial charge >= 0.3 is 0 Å². The average molecular weight is 401 g/mol. The number of aromatic nitrogens is 1. The molecular weight excluding hydrogens is 384 g/mol. The number of benzene rings is 2. The van der Waals surface area contributed by atoms with Crippen LogP contribution in [0.15, 0.2) is 66.9 Å². The fourth-order valence-electron chi connectivity index (χ4n) is 2.63. The maximum Gasteiger partial charge on any atom is 0.255 e. The summed E-state index contributed by atoms with van der Waals surface area (Å²) in [6.45, 7) is 0. The number of hydrogen-bond donors (Lipinski definition) is 1. The van der Waals surface area contributed by atoms with E-state index in [1.807, 2.05) is 18.2 Å². The average Bonchev–Trinajstić information content (AvgIpc) is 2.63. The number of amides is 1. The van der Waals surface area contributed by atoms with Crippen molar-refractivity contribution in [1.29, 1.82) is 0 Å². The highest BCUT2D eigenvalue weighted by Crippen LogP contribution is 2.29. The molecule has 0 saturated carbocycles. The standard InChI is InChI=1S/C20H17ClN2O3S/c1-27(25,26)13-14-5-4-6-15(11-14)20(24)23-16-8-9-18(21)17(12-16)19-7-2-3-10-22-19/h2-12H,13H2,1H3,(H,23,24). The Kier molecular flexibility index (Phi) is 5.58. The van der Waals surface area contributed by atoms with Gasteiger partial charge in [-0.25, -0.2) is 8.42 Å². The molecule has 1 amide bonds. The lowest BCUT2D eigenvalue weighted by atomic mass is 10.1. The normalized spacial score (nSPS) is 11.2. The molecule has 0 aliphatic carbocycles. The molecule has 0 atom stereocenters. The summed E-state index contributed by atoms with van der Waals surface area (Å²) < 4.78 is 22.9. The lowest BCUT2D eigenvalue weighted by Crippen LogP contribution is -2.12. The van der Waals surface area contributed by atoms with Crippen molar-refractivity contribution in [3.63, 3.8) is 0 Å². The minimum Gasteiger partial charge on any atom is -0.322 e. The summed E-state index contributed by atoms with van der Waals surface area (Å²) >= 11 is 6.26. The van der Waals surface area contributed by atoms with Crippen molar-refractivity contribution in [3.05, 3.63) is 83.0 Å². The summed E-state index contributed by atoms with van der Waals surface area (Å²) in [5.74, 6) is -0.446. The number of pyridine rings is 1. The number of halogens is 1. The van der Waals surface area contributed by atoms with Gasteiger partial charge in [0.05, 0.1) is 16.5 Å². The minimum absolute atomic E-state index is 0.112. The van der Waals surface area contributed by atoms with Gasteiger partial charge in [0.15, 0.2) is 9.84 Å². The van der Waals surface area contributed by atoms with Gasteiger partial charge in [-0.2, -0.15) is 0 Å². The van der Waals surface area contributed by atoms with Crippen LogP contribution in [0.4, 0.5) is 5.69 Å². The van der Waals surface area contributed by atoms with E-state index in [0.717, 1.165) is 6.26 Å². The van der Waals surface area contributed by atoms with E-state index >= 15 is 0 Å². The zero-order chi connectivity index (χ0) is 19.4. The van der Waals surface area contributed by atoms with Gasteiger partial charge in [0.2, 0.25) is 0 Å². The molecule has 0 aliphatic heterocycles. The van der Waals surface area contributed by atoms with Gasteiger partial charge in [-0.15, -0.1) is 0 Å². The lowest BCUT2D eigenvalue weighted by Gasteiger charge is -2.10. The second-order valence-electron chi connectivity index (χ2n) is 6.13. The van der Waals surface area contributed by atoms with E-state index in [-0.39, 0.29) is 11.7 Å². The largest absolute Gasteiger partial charge is 0.322 e. The van der Waals surface area contributed by atoms with Crippen LogP contribution in [0.25, 0.3) is 11.3 Å². The van der Waals surface area contributed by atoms with E-state index in [4.69, 9.17) is 11.6 Å². The summed E-state index contributed by atoms with van der Waals surface area (Å²) in [4.78, 5) is 16.8. The monoisotopic (exact) mass is 400 g/mol. The summed E-state index contributed by atoms with van der Waals surface area (Å²) in [5, 5.41) is 3.34. The fourth-order valence-corrected chi connectivity index (χ4v) is 3.63. The van der Waals surface area contributed by atoms with Gasteiger partial charge in [0.25, 0.3) is 5.91 Å². The second-order valence-corrected chi connectivity index (χ2v) is 8.68. The van der Waals surface area contributed by atoms with Crippen molar-refractivity contribution in [1.82, 2.24) is 4.98 Å². The minimum atomic E-state index is -3.17. The van der Waals surface area contributed by atoms with Gasteiger partial charge in [0.1, 0.15) is 0 Å². The van der Waals surface area contributed by atoms with Crippen molar-refractivity contribution >= 4 is 33.0 Å². The quantitative estimate of drug-likeness (QED) is 0.696. The van der Waals surface area contributed by atoms with E-state index in [2.05, 4.69) is 10.3 Å². The Labute approximate surface area is 163 Å². The molecule has 0 saturated heterocycles. The number of anilines is 1. The summed E-state index contributed by atoms with van der Waals surface area (Å²) in [5.41, 5.74) is 2.93.